The van der Waals surface area contributed by atoms with Crippen LogP contribution in [0.2, 0.25) is 0 Å². The Kier molecular flexibility index (Phi) is 3.89. The maximum Gasteiger partial charge on any atom is 0.394 e. The van der Waals surface area contributed by atoms with Gasteiger partial charge in [-0.3, -0.25) is 4.79 Å². The van der Waals surface area contributed by atoms with Gasteiger partial charge in [0, 0.05) is 6.54 Å². The topological polar surface area (TPSA) is 66.4 Å². The number of nitrogens with one attached hydrogen (secondary N) is 1. The molecule has 1 aromatic carbocycles. The van der Waals surface area contributed by atoms with Gasteiger partial charge in [0.1, 0.15) is 0 Å². The predicted octanol–water partition coefficient (Wildman–Crippen LogP) is 1.68. The predicted molar refractivity (Wildman–Crippen MR) is 64.6 cm³/mol. The highest BCUT2D eigenvalue weighted by Gasteiger charge is 2.13. The van der Waals surface area contributed by atoms with Crippen LogP contribution in [0.3, 0.4) is 0 Å². The highest BCUT2D eigenvalue weighted by atomic mass is 16.4. The number of aliphatic carboxylic acids is 1. The summed E-state index contributed by atoms with van der Waals surface area (Å²) in [6.45, 7) is 6.59. The lowest BCUT2D eigenvalue weighted by atomic mass is 9.87. The van der Waals surface area contributed by atoms with Crippen molar-refractivity contribution in [3.8, 4) is 0 Å². The van der Waals surface area contributed by atoms with Gasteiger partial charge in [-0.1, -0.05) is 45.0 Å². The molecule has 1 aromatic rings. The molecule has 0 aliphatic rings. The Morgan fingerprint density at radius 3 is 2.12 bits per heavy atom. The van der Waals surface area contributed by atoms with E-state index in [1.165, 1.54) is 5.56 Å². The summed E-state index contributed by atoms with van der Waals surface area (Å²) in [6, 6.07) is 7.76. The van der Waals surface area contributed by atoms with Crippen LogP contribution in [0.5, 0.6) is 0 Å². The molecule has 1 amide bonds. The molecule has 0 atom stereocenters. The standard InChI is InChI=1S/C13H17NO3/c1-13(2,3)10-6-4-9(5-7-10)8-14-11(15)12(16)17/h4-7H,8H2,1-3H3,(H,14,15)(H,16,17). The molecule has 0 fully saturated rings. The Morgan fingerprint density at radius 2 is 1.71 bits per heavy atom. The van der Waals surface area contributed by atoms with Crippen LogP contribution < -0.4 is 5.32 Å². The Bertz CT molecular complexity index is 415. The number of carboxylic acid groups (broad SMARTS) is 1. The quantitative estimate of drug-likeness (QED) is 0.766. The van der Waals surface area contributed by atoms with Crippen molar-refractivity contribution >= 4 is 11.9 Å². The van der Waals surface area contributed by atoms with Crippen molar-refractivity contribution in [2.75, 3.05) is 0 Å². The lowest BCUT2D eigenvalue weighted by Gasteiger charge is -2.19. The fraction of sp³-hybridized carbons (Fsp3) is 0.385. The monoisotopic (exact) mass is 235 g/mol. The van der Waals surface area contributed by atoms with E-state index in [0.29, 0.717) is 0 Å². The zero-order valence-electron chi connectivity index (χ0n) is 10.3. The van der Waals surface area contributed by atoms with Crippen LogP contribution >= 0.6 is 0 Å². The van der Waals surface area contributed by atoms with Crippen LogP contribution in [-0.2, 0) is 21.5 Å². The second-order valence-electron chi connectivity index (χ2n) is 4.93. The smallest absolute Gasteiger partial charge is 0.394 e. The molecule has 92 valence electrons. The molecule has 2 N–H and O–H groups in total. The van der Waals surface area contributed by atoms with E-state index in [9.17, 15) is 9.59 Å². The van der Waals surface area contributed by atoms with Gasteiger partial charge in [0.15, 0.2) is 0 Å². The molecule has 0 saturated heterocycles. The average molecular weight is 235 g/mol. The fourth-order valence-corrected chi connectivity index (χ4v) is 1.38. The van der Waals surface area contributed by atoms with Gasteiger partial charge in [-0.25, -0.2) is 4.79 Å². The molecule has 0 spiro atoms. The summed E-state index contributed by atoms with van der Waals surface area (Å²) in [5.41, 5.74) is 2.17. The van der Waals surface area contributed by atoms with Gasteiger partial charge >= 0.3 is 11.9 Å². The molecular weight excluding hydrogens is 218 g/mol. The number of hydrogen-bond acceptors (Lipinski definition) is 2. The number of carbonyl (C=O) groups excluding carboxylic acids is 1. The summed E-state index contributed by atoms with van der Waals surface area (Å²) in [6.07, 6.45) is 0. The van der Waals surface area contributed by atoms with Gasteiger partial charge in [0.05, 0.1) is 0 Å². The second kappa shape index (κ2) is 4.99. The van der Waals surface area contributed by atoms with E-state index in [-0.39, 0.29) is 12.0 Å². The van der Waals surface area contributed by atoms with Gasteiger partial charge in [-0.2, -0.15) is 0 Å². The van der Waals surface area contributed by atoms with Crippen LogP contribution in [0.15, 0.2) is 24.3 Å². The van der Waals surface area contributed by atoms with E-state index in [1.807, 2.05) is 24.3 Å². The minimum atomic E-state index is -1.46. The van der Waals surface area contributed by atoms with Gasteiger partial charge in [0.2, 0.25) is 0 Å². The third-order valence-electron chi connectivity index (χ3n) is 2.47. The van der Waals surface area contributed by atoms with E-state index in [0.717, 1.165) is 5.56 Å². The zero-order valence-corrected chi connectivity index (χ0v) is 10.3. The third-order valence-corrected chi connectivity index (χ3v) is 2.47. The largest absolute Gasteiger partial charge is 0.474 e. The Hall–Kier alpha value is -1.84. The summed E-state index contributed by atoms with van der Waals surface area (Å²) >= 11 is 0. The van der Waals surface area contributed by atoms with Crippen molar-refractivity contribution in [1.29, 1.82) is 0 Å². The molecule has 1 rings (SSSR count). The van der Waals surface area contributed by atoms with Crippen LogP contribution in [0, 0.1) is 0 Å². The van der Waals surface area contributed by atoms with Gasteiger partial charge < -0.3 is 10.4 Å². The first-order valence-electron chi connectivity index (χ1n) is 5.41. The Morgan fingerprint density at radius 1 is 1.18 bits per heavy atom. The van der Waals surface area contributed by atoms with Crippen molar-refractivity contribution in [3.05, 3.63) is 35.4 Å². The molecule has 0 aliphatic carbocycles. The third kappa shape index (κ3) is 3.90. The van der Waals surface area contributed by atoms with Crippen molar-refractivity contribution in [3.63, 3.8) is 0 Å². The van der Waals surface area contributed by atoms with E-state index in [1.54, 1.807) is 0 Å². The molecule has 0 saturated carbocycles. The number of benzene rings is 1. The van der Waals surface area contributed by atoms with Crippen LogP contribution in [0.4, 0.5) is 0 Å². The average Bonchev–Trinajstić information content (AvgIpc) is 2.25. The summed E-state index contributed by atoms with van der Waals surface area (Å²) in [5, 5.41) is 10.7. The first kappa shape index (κ1) is 13.2. The Labute approximate surface area is 101 Å². The molecule has 0 aliphatic heterocycles. The first-order valence-corrected chi connectivity index (χ1v) is 5.41. The zero-order chi connectivity index (χ0) is 13.1. The summed E-state index contributed by atoms with van der Waals surface area (Å²) in [7, 11) is 0. The Balaban J connectivity index is 2.63. The van der Waals surface area contributed by atoms with Gasteiger partial charge in [-0.15, -0.1) is 0 Å². The maximum absolute atomic E-state index is 10.8. The number of rotatable bonds is 2. The van der Waals surface area contributed by atoms with E-state index < -0.39 is 11.9 Å². The minimum Gasteiger partial charge on any atom is -0.474 e. The van der Waals surface area contributed by atoms with Gasteiger partial charge in [-0.05, 0) is 16.5 Å². The summed E-state index contributed by atoms with van der Waals surface area (Å²) < 4.78 is 0. The maximum atomic E-state index is 10.8. The fourth-order valence-electron chi connectivity index (χ4n) is 1.38. The van der Waals surface area contributed by atoms with Crippen molar-refractivity contribution in [1.82, 2.24) is 5.32 Å². The number of carbonyl (C=O) groups is 2. The number of amides is 1. The van der Waals surface area contributed by atoms with Crippen LogP contribution in [0.1, 0.15) is 31.9 Å². The highest BCUT2D eigenvalue weighted by molar-refractivity contribution is 6.31. The molecule has 4 nitrogen and oxygen atoms in total. The van der Waals surface area contributed by atoms with Crippen molar-refractivity contribution < 1.29 is 14.7 Å². The molecule has 0 unspecified atom stereocenters. The van der Waals surface area contributed by atoms with Gasteiger partial charge in [0.25, 0.3) is 0 Å². The lowest BCUT2D eigenvalue weighted by molar-refractivity contribution is -0.150. The highest BCUT2D eigenvalue weighted by Crippen LogP contribution is 2.21. The number of carboxylic acids is 1. The molecule has 0 aromatic heterocycles. The first-order chi connectivity index (χ1) is 7.80. The molecule has 17 heavy (non-hydrogen) atoms. The molecule has 0 radical (unpaired) electrons. The van der Waals surface area contributed by atoms with E-state index in [2.05, 4.69) is 26.1 Å². The molecule has 0 bridgehead atoms. The molecular formula is C13H17NO3. The second-order valence-corrected chi connectivity index (χ2v) is 4.93. The molecule has 0 heterocycles. The van der Waals surface area contributed by atoms with E-state index >= 15 is 0 Å². The molecule has 4 heteroatoms. The minimum absolute atomic E-state index is 0.0862. The summed E-state index contributed by atoms with van der Waals surface area (Å²) in [4.78, 5) is 21.1. The van der Waals surface area contributed by atoms with E-state index in [4.69, 9.17) is 5.11 Å². The normalized spacial score (nSPS) is 11.0. The summed E-state index contributed by atoms with van der Waals surface area (Å²) in [5.74, 6) is -2.44. The lowest BCUT2D eigenvalue weighted by Crippen LogP contribution is -2.30. The van der Waals surface area contributed by atoms with Crippen molar-refractivity contribution in [2.45, 2.75) is 32.7 Å². The number of hydrogen-bond donors (Lipinski definition) is 2. The van der Waals surface area contributed by atoms with Crippen LogP contribution in [0.25, 0.3) is 0 Å². The SMILES string of the molecule is CC(C)(C)c1ccc(CNC(=O)C(=O)O)cc1. The van der Waals surface area contributed by atoms with Crippen molar-refractivity contribution in [2.24, 2.45) is 0 Å². The van der Waals surface area contributed by atoms with Crippen LogP contribution in [-0.4, -0.2) is 17.0 Å².